The Morgan fingerprint density at radius 1 is 1.07 bits per heavy atom. The third-order valence-electron chi connectivity index (χ3n) is 7.56. The van der Waals surface area contributed by atoms with Gasteiger partial charge in [-0.1, -0.05) is 11.6 Å². The van der Waals surface area contributed by atoms with Crippen LogP contribution in [0.5, 0.6) is 11.5 Å². The largest absolute Gasteiger partial charge is 0.456 e. The molecular formula is C28H27ClN8O3. The van der Waals surface area contributed by atoms with E-state index in [1.54, 1.807) is 23.4 Å². The van der Waals surface area contributed by atoms with Gasteiger partial charge in [-0.2, -0.15) is 5.10 Å². The van der Waals surface area contributed by atoms with Crippen molar-refractivity contribution in [3.8, 4) is 22.8 Å². The minimum absolute atomic E-state index is 0.00789. The van der Waals surface area contributed by atoms with Gasteiger partial charge in [0.25, 0.3) is 0 Å². The van der Waals surface area contributed by atoms with Crippen LogP contribution in [0.25, 0.3) is 33.3 Å². The molecule has 2 saturated heterocycles. The maximum atomic E-state index is 12.6. The first-order valence-electron chi connectivity index (χ1n) is 13.3. The van der Waals surface area contributed by atoms with Gasteiger partial charge in [0, 0.05) is 30.9 Å². The number of carbonyl (C=O) groups excluding carboxylic acids is 1. The van der Waals surface area contributed by atoms with Crippen molar-refractivity contribution in [1.29, 1.82) is 0 Å². The number of aromatic amines is 1. The summed E-state index contributed by atoms with van der Waals surface area (Å²) in [5.74, 6) is 1.96. The molecule has 5 aromatic rings. The lowest BCUT2D eigenvalue weighted by atomic mass is 10.1. The fourth-order valence-electron chi connectivity index (χ4n) is 5.35. The molecule has 0 aliphatic carbocycles. The van der Waals surface area contributed by atoms with Crippen LogP contribution in [0.15, 0.2) is 48.9 Å². The number of hydrogen-bond acceptors (Lipinski definition) is 7. The van der Waals surface area contributed by atoms with Gasteiger partial charge in [-0.3, -0.25) is 9.67 Å². The number of rotatable bonds is 4. The molecular weight excluding hydrogens is 532 g/mol. The number of benzene rings is 2. The molecule has 0 bridgehead atoms. The number of aliphatic hydroxyl groups is 1. The number of H-pyrrole nitrogens is 1. The summed E-state index contributed by atoms with van der Waals surface area (Å²) in [6.07, 6.45) is 6.70. The number of imidazole rings is 1. The van der Waals surface area contributed by atoms with E-state index in [-0.39, 0.29) is 12.1 Å². The number of urea groups is 1. The Balaban J connectivity index is 1.08. The molecule has 3 aromatic heterocycles. The monoisotopic (exact) mass is 558 g/mol. The number of piperidine rings is 1. The van der Waals surface area contributed by atoms with Gasteiger partial charge >= 0.3 is 6.03 Å². The number of amides is 2. The van der Waals surface area contributed by atoms with Crippen molar-refractivity contribution in [3.05, 3.63) is 59.8 Å². The fourth-order valence-corrected chi connectivity index (χ4v) is 5.59. The summed E-state index contributed by atoms with van der Waals surface area (Å²) in [5, 5.41) is 14.5. The summed E-state index contributed by atoms with van der Waals surface area (Å²) in [4.78, 5) is 33.1. The zero-order valence-electron chi connectivity index (χ0n) is 21.8. The number of aliphatic hydroxyl groups excluding tert-OH is 1. The summed E-state index contributed by atoms with van der Waals surface area (Å²) in [7, 11) is 0. The lowest BCUT2D eigenvalue weighted by Crippen LogP contribution is -2.58. The smallest absolute Gasteiger partial charge is 0.320 e. The zero-order valence-corrected chi connectivity index (χ0v) is 22.5. The number of hydrogen-bond donors (Lipinski definition) is 2. The molecule has 12 heteroatoms. The lowest BCUT2D eigenvalue weighted by Gasteiger charge is -2.41. The molecule has 40 heavy (non-hydrogen) atoms. The van der Waals surface area contributed by atoms with E-state index in [0.717, 1.165) is 35.3 Å². The molecule has 2 amide bonds. The van der Waals surface area contributed by atoms with Gasteiger partial charge in [-0.05, 0) is 44.0 Å². The first-order valence-corrected chi connectivity index (χ1v) is 13.6. The summed E-state index contributed by atoms with van der Waals surface area (Å²) in [6, 6.07) is 9.48. The van der Waals surface area contributed by atoms with Crippen molar-refractivity contribution in [2.24, 2.45) is 0 Å². The summed E-state index contributed by atoms with van der Waals surface area (Å²) >= 11 is 6.77. The summed E-state index contributed by atoms with van der Waals surface area (Å²) < 4.78 is 8.06. The first kappa shape index (κ1) is 24.8. The molecule has 2 N–H and O–H groups in total. The van der Waals surface area contributed by atoms with Crippen molar-refractivity contribution in [1.82, 2.24) is 39.5 Å². The molecule has 2 fully saturated rings. The number of β-amino-alcohol motifs (C(OH)–C–C–N with tert-alkyl or cyclic N) is 1. The minimum atomic E-state index is -0.391. The number of fused-ring (bicyclic) bond motifs is 2. The van der Waals surface area contributed by atoms with Crippen LogP contribution in [0.4, 0.5) is 4.79 Å². The second kappa shape index (κ2) is 9.76. The highest BCUT2D eigenvalue weighted by Crippen LogP contribution is 2.36. The standard InChI is InChI=1S/C28H27ClN8O3/c1-16-32-21-3-2-20(10-23(21)33-16)40-25-5-4-22-27(26(25)29)34-24(12-30-22)17-11-31-37(13-17)18-6-8-35(9-7-18)28(39)36-14-19(38)15-36/h2-5,10-13,18-19,38H,6-9,14-15H2,1H3,(H,32,33). The summed E-state index contributed by atoms with van der Waals surface area (Å²) in [5.41, 5.74) is 4.47. The third-order valence-corrected chi connectivity index (χ3v) is 7.92. The van der Waals surface area contributed by atoms with Crippen LogP contribution in [0.1, 0.15) is 24.7 Å². The average Bonchev–Trinajstić information content (AvgIpc) is 3.59. The second-order valence-electron chi connectivity index (χ2n) is 10.4. The van der Waals surface area contributed by atoms with Crippen LogP contribution in [-0.2, 0) is 0 Å². The normalized spacial score (nSPS) is 16.6. The number of ether oxygens (including phenoxy) is 1. The zero-order chi connectivity index (χ0) is 27.4. The number of aryl methyl sites for hydroxylation is 1. The van der Waals surface area contributed by atoms with Crippen molar-refractivity contribution in [3.63, 3.8) is 0 Å². The predicted octanol–water partition coefficient (Wildman–Crippen LogP) is 4.56. The number of carbonyl (C=O) groups is 1. The Hall–Kier alpha value is -4.22. The van der Waals surface area contributed by atoms with E-state index < -0.39 is 6.10 Å². The fraction of sp³-hybridized carbons (Fsp3) is 0.321. The molecule has 0 radical (unpaired) electrons. The van der Waals surface area contributed by atoms with Crippen LogP contribution in [0, 0.1) is 6.92 Å². The number of aromatic nitrogens is 6. The molecule has 2 aromatic carbocycles. The predicted molar refractivity (Wildman–Crippen MR) is 149 cm³/mol. The van der Waals surface area contributed by atoms with Crippen LogP contribution >= 0.6 is 11.6 Å². The van der Waals surface area contributed by atoms with Gasteiger partial charge in [-0.25, -0.2) is 14.8 Å². The molecule has 0 spiro atoms. The maximum absolute atomic E-state index is 12.6. The number of nitrogens with zero attached hydrogens (tertiary/aromatic N) is 7. The van der Waals surface area contributed by atoms with Crippen molar-refractivity contribution in [2.45, 2.75) is 31.9 Å². The van der Waals surface area contributed by atoms with E-state index in [4.69, 9.17) is 21.3 Å². The average molecular weight is 559 g/mol. The molecule has 0 saturated carbocycles. The first-order chi connectivity index (χ1) is 19.4. The molecule has 204 valence electrons. The van der Waals surface area contributed by atoms with Gasteiger partial charge in [0.15, 0.2) is 0 Å². The molecule has 5 heterocycles. The van der Waals surface area contributed by atoms with E-state index in [2.05, 4.69) is 20.1 Å². The van der Waals surface area contributed by atoms with E-state index in [1.165, 1.54) is 0 Å². The Labute approximate surface area is 234 Å². The van der Waals surface area contributed by atoms with Gasteiger partial charge in [0.05, 0.1) is 59.9 Å². The van der Waals surface area contributed by atoms with Crippen molar-refractivity contribution >= 4 is 39.7 Å². The third kappa shape index (κ3) is 4.50. The quantitative estimate of drug-likeness (QED) is 0.331. The number of halogens is 1. The SMILES string of the molecule is Cc1nc2ccc(Oc3ccc4ncc(-c5cnn(C6CCN(C(=O)N7CC(O)C7)CC6)c5)nc4c3Cl)cc2[nH]1. The number of likely N-dealkylation sites (tertiary alicyclic amines) is 2. The highest BCUT2D eigenvalue weighted by Gasteiger charge is 2.34. The van der Waals surface area contributed by atoms with Gasteiger partial charge in [-0.15, -0.1) is 0 Å². The Bertz CT molecular complexity index is 1740. The highest BCUT2D eigenvalue weighted by atomic mass is 35.5. The molecule has 2 aliphatic rings. The Morgan fingerprint density at radius 2 is 1.88 bits per heavy atom. The molecule has 11 nitrogen and oxygen atoms in total. The second-order valence-corrected chi connectivity index (χ2v) is 10.8. The van der Waals surface area contributed by atoms with Gasteiger partial charge < -0.3 is 24.6 Å². The molecule has 7 rings (SSSR count). The minimum Gasteiger partial charge on any atom is -0.456 e. The van der Waals surface area contributed by atoms with Gasteiger partial charge in [0.2, 0.25) is 0 Å². The molecule has 0 atom stereocenters. The van der Waals surface area contributed by atoms with Gasteiger partial charge in [0.1, 0.15) is 27.9 Å². The van der Waals surface area contributed by atoms with E-state index in [9.17, 15) is 9.90 Å². The van der Waals surface area contributed by atoms with Crippen LogP contribution in [-0.4, -0.2) is 82.9 Å². The highest BCUT2D eigenvalue weighted by molar-refractivity contribution is 6.36. The van der Waals surface area contributed by atoms with E-state index in [0.29, 0.717) is 59.4 Å². The molecule has 2 aliphatic heterocycles. The van der Waals surface area contributed by atoms with Crippen LogP contribution in [0.2, 0.25) is 5.02 Å². The summed E-state index contributed by atoms with van der Waals surface area (Å²) in [6.45, 7) is 4.08. The van der Waals surface area contributed by atoms with Crippen molar-refractivity contribution < 1.29 is 14.6 Å². The Kier molecular flexibility index (Phi) is 6.05. The van der Waals surface area contributed by atoms with Crippen LogP contribution < -0.4 is 4.74 Å². The Morgan fingerprint density at radius 3 is 2.67 bits per heavy atom. The van der Waals surface area contributed by atoms with E-state index >= 15 is 0 Å². The maximum Gasteiger partial charge on any atom is 0.320 e. The van der Waals surface area contributed by atoms with Crippen molar-refractivity contribution in [2.75, 3.05) is 26.2 Å². The van der Waals surface area contributed by atoms with Crippen LogP contribution in [0.3, 0.4) is 0 Å². The molecule has 0 unspecified atom stereocenters. The number of nitrogens with one attached hydrogen (secondary N) is 1. The van der Waals surface area contributed by atoms with E-state index in [1.807, 2.05) is 47.0 Å². The topological polar surface area (TPSA) is 125 Å². The lowest BCUT2D eigenvalue weighted by molar-refractivity contribution is 0.0119.